The molecule has 0 aliphatic carbocycles. The molecule has 0 saturated heterocycles. The fourth-order valence-electron chi connectivity index (χ4n) is 1.39. The number of halogens is 10. The largest absolute Gasteiger partial charge is 0.478 e. The van der Waals surface area contributed by atoms with E-state index in [0.717, 1.165) is 35.8 Å². The zero-order valence-electron chi connectivity index (χ0n) is 13.9. The van der Waals surface area contributed by atoms with Gasteiger partial charge in [-0.05, 0) is 57.3 Å². The maximum absolute atomic E-state index is 10.6. The second kappa shape index (κ2) is 22.5. The van der Waals surface area contributed by atoms with Crippen LogP contribution in [0.1, 0.15) is 43.0 Å². The van der Waals surface area contributed by atoms with Crippen LogP contribution in [0.25, 0.3) is 0 Å². The molecule has 0 aliphatic heterocycles. The molecule has 0 atom stereocenters. The number of hydrogen-bond donors (Lipinski definition) is 2. The molecule has 0 spiro atoms. The lowest BCUT2D eigenvalue weighted by Crippen LogP contribution is -2.05. The van der Waals surface area contributed by atoms with Crippen LogP contribution in [-0.2, 0) is 0 Å². The van der Waals surface area contributed by atoms with Crippen LogP contribution in [0.15, 0.2) is 12.1 Å². The monoisotopic (exact) mass is 1100 g/mol. The van der Waals surface area contributed by atoms with Crippen molar-refractivity contribution >= 4 is 198 Å². The molecule has 196 valence electrons. The third kappa shape index (κ3) is 14.7. The topological polar surface area (TPSA) is 74.6 Å². The Bertz CT molecular complexity index is 970. The van der Waals surface area contributed by atoms with Crippen molar-refractivity contribution in [2.24, 2.45) is 0 Å². The molecule has 3 heterocycles. The second-order valence-electron chi connectivity index (χ2n) is 4.33. The van der Waals surface area contributed by atoms with Gasteiger partial charge in [-0.1, -0.05) is 91.9 Å². The summed E-state index contributed by atoms with van der Waals surface area (Å²) in [5.74, 6) is -2.80. The molecule has 34 heavy (non-hydrogen) atoms. The smallest absolute Gasteiger partial charge is 0.339 e. The van der Waals surface area contributed by atoms with Crippen molar-refractivity contribution in [3.63, 3.8) is 0 Å². The number of hydrogen-bond acceptors (Lipinski definition) is 5. The number of carboxylic acids is 2. The minimum Gasteiger partial charge on any atom is -0.478 e. The third-order valence-corrected chi connectivity index (χ3v) is 11.7. The number of thiophene rings is 3. The number of carboxylic acid groups (broad SMARTS) is 2. The first-order chi connectivity index (χ1) is 14.4. The molecule has 0 amide bonds. The van der Waals surface area contributed by atoms with E-state index < -0.39 is 23.1 Å². The van der Waals surface area contributed by atoms with Gasteiger partial charge in [0.25, 0.3) is 0 Å². The highest BCUT2D eigenvalue weighted by Gasteiger charge is 2.26. The van der Waals surface area contributed by atoms with Crippen LogP contribution in [0.3, 0.4) is 0 Å². The molecule has 0 bridgehead atoms. The summed E-state index contributed by atoms with van der Waals surface area (Å²) in [6, 6.07) is 3.54. The van der Waals surface area contributed by atoms with Crippen molar-refractivity contribution < 1.29 is 19.8 Å². The van der Waals surface area contributed by atoms with Gasteiger partial charge in [-0.2, -0.15) is 0 Å². The van der Waals surface area contributed by atoms with Crippen molar-refractivity contribution in [2.75, 3.05) is 0 Å². The predicted octanol–water partition coefficient (Wildman–Crippen LogP) is 13.4. The predicted molar refractivity (Wildman–Crippen MR) is 191 cm³/mol. The molecule has 3 rings (SSSR count). The van der Waals surface area contributed by atoms with E-state index in [0.29, 0.717) is 0 Å². The Labute approximate surface area is 291 Å². The van der Waals surface area contributed by atoms with Crippen LogP contribution in [0.5, 0.6) is 0 Å². The van der Waals surface area contributed by atoms with Crippen molar-refractivity contribution in [1.29, 1.82) is 0 Å². The first kappa shape index (κ1) is 43.7. The lowest BCUT2D eigenvalue weighted by atomic mass is 10.2. The molecule has 17 heteroatoms. The van der Waals surface area contributed by atoms with Crippen molar-refractivity contribution in [2.45, 2.75) is 22.3 Å². The molecule has 0 fully saturated rings. The maximum atomic E-state index is 10.6. The fraction of sp³-hybridized carbons (Fsp3) is 0.176. The Hall–Kier alpha value is 2.70. The standard InChI is InChI=1S/C6H2Cl2O4S.C4Cl2I2S.C4H2Cl2S.3CH4.I2/c7-3-1(5(9)10)2(6(11)12)4(8)13-3;5-3-1(7)2(8)4(6)9-3;5-3-1-2-4(6)7-3;;;;1-2/h(H,9,10)(H,11,12);;1-2H;3*1H4;. The number of carbonyl (C=O) groups is 2. The normalized spacial score (nSPS) is 8.65. The van der Waals surface area contributed by atoms with Crippen LogP contribution in [0.4, 0.5) is 0 Å². The van der Waals surface area contributed by atoms with E-state index in [9.17, 15) is 9.59 Å². The van der Waals surface area contributed by atoms with Crippen molar-refractivity contribution in [3.05, 3.63) is 56.4 Å². The Morgan fingerprint density at radius 3 is 1.03 bits per heavy atom. The lowest BCUT2D eigenvalue weighted by Gasteiger charge is -1.93. The van der Waals surface area contributed by atoms with Crippen molar-refractivity contribution in [3.8, 4) is 0 Å². The Balaban J connectivity index is -0.000000190. The summed E-state index contributed by atoms with van der Waals surface area (Å²) >= 11 is 45.6. The van der Waals surface area contributed by atoms with E-state index in [1.54, 1.807) is 12.1 Å². The molecule has 0 aliphatic rings. The summed E-state index contributed by atoms with van der Waals surface area (Å²) in [4.78, 5) is 21.1. The van der Waals surface area contributed by atoms with Crippen LogP contribution in [0, 0.1) is 7.14 Å². The van der Waals surface area contributed by atoms with Gasteiger partial charge < -0.3 is 10.2 Å². The van der Waals surface area contributed by atoms with Gasteiger partial charge >= 0.3 is 11.9 Å². The molecule has 0 unspecified atom stereocenters. The average Bonchev–Trinajstić information content (AvgIpc) is 3.29. The van der Waals surface area contributed by atoms with E-state index >= 15 is 0 Å². The van der Waals surface area contributed by atoms with Gasteiger partial charge in [0.15, 0.2) is 0 Å². The molecule has 4 nitrogen and oxygen atoms in total. The summed E-state index contributed by atoms with van der Waals surface area (Å²) < 4.78 is 4.91. The molecule has 2 N–H and O–H groups in total. The summed E-state index contributed by atoms with van der Waals surface area (Å²) in [6.07, 6.45) is 0. The highest BCUT2D eigenvalue weighted by molar-refractivity contribution is 15.0. The number of rotatable bonds is 2. The van der Waals surface area contributed by atoms with Gasteiger partial charge in [0, 0.05) is 37.2 Å². The highest BCUT2D eigenvalue weighted by atomic mass is 128. The van der Waals surface area contributed by atoms with E-state index in [2.05, 4.69) is 82.4 Å². The SMILES string of the molecule is C.C.C.Clc1ccc(Cl)s1.Clc1sc(Cl)c(I)c1I.II.O=C(O)c1c(Cl)sc(Cl)c1C(=O)O. The fourth-order valence-corrected chi connectivity index (χ4v) is 7.46. The number of aromatic carboxylic acids is 2. The van der Waals surface area contributed by atoms with Gasteiger partial charge in [0.1, 0.15) is 28.5 Å². The Morgan fingerprint density at radius 2 is 0.882 bits per heavy atom. The zero-order chi connectivity index (χ0) is 24.5. The summed E-state index contributed by atoms with van der Waals surface area (Å²) in [5, 5.41) is 17.2. The summed E-state index contributed by atoms with van der Waals surface area (Å²) in [6.45, 7) is 0. The van der Waals surface area contributed by atoms with Gasteiger partial charge in [0.05, 0.1) is 15.8 Å². The summed E-state index contributed by atoms with van der Waals surface area (Å²) in [5.41, 5.74) is -0.909. The van der Waals surface area contributed by atoms with Crippen LogP contribution < -0.4 is 0 Å². The zero-order valence-corrected chi connectivity index (χ0v) is 29.5. The maximum Gasteiger partial charge on any atom is 0.339 e. The summed E-state index contributed by atoms with van der Waals surface area (Å²) in [7, 11) is 0. The van der Waals surface area contributed by atoms with E-state index in [1.807, 2.05) is 0 Å². The Kier molecular flexibility index (Phi) is 29.0. The lowest BCUT2D eigenvalue weighted by molar-refractivity contribution is 0.0653. The average molecular weight is 1100 g/mol. The van der Waals surface area contributed by atoms with Crippen LogP contribution in [-0.4, -0.2) is 22.2 Å². The van der Waals surface area contributed by atoms with E-state index in [1.165, 1.54) is 22.7 Å². The Morgan fingerprint density at radius 1 is 0.618 bits per heavy atom. The van der Waals surface area contributed by atoms with E-state index in [-0.39, 0.29) is 31.0 Å². The van der Waals surface area contributed by atoms with Gasteiger partial charge in [-0.3, -0.25) is 0 Å². The minimum atomic E-state index is -1.40. The molecular weight excluding hydrogens is 1080 g/mol. The second-order valence-corrected chi connectivity index (χ2v) is 13.3. The quantitative estimate of drug-likeness (QED) is 0.251. The molecule has 3 aromatic heterocycles. The van der Waals surface area contributed by atoms with Crippen molar-refractivity contribution in [1.82, 2.24) is 0 Å². The van der Waals surface area contributed by atoms with Gasteiger partial charge in [-0.15, -0.1) is 34.0 Å². The minimum absolute atomic E-state index is 0. The van der Waals surface area contributed by atoms with Gasteiger partial charge in [0.2, 0.25) is 0 Å². The molecule has 0 radical (unpaired) electrons. The molecule has 0 saturated carbocycles. The van der Waals surface area contributed by atoms with Crippen LogP contribution in [0.2, 0.25) is 26.0 Å². The molecule has 0 aromatic carbocycles. The van der Waals surface area contributed by atoms with E-state index in [4.69, 9.17) is 79.8 Å². The van der Waals surface area contributed by atoms with Crippen LogP contribution >= 0.6 is 186 Å². The van der Waals surface area contributed by atoms with Gasteiger partial charge in [-0.25, -0.2) is 9.59 Å². The molecular formula is C17H16Cl6I4O4S3. The highest BCUT2D eigenvalue weighted by Crippen LogP contribution is 2.38. The molecule has 3 aromatic rings. The third-order valence-electron chi connectivity index (χ3n) is 2.51. The first-order valence-electron chi connectivity index (χ1n) is 6.65. The first-order valence-corrected chi connectivity index (χ1v) is 19.8.